The molecule has 0 aromatic heterocycles. The molecule has 108 valence electrons. The van der Waals surface area contributed by atoms with Crippen molar-refractivity contribution in [2.24, 2.45) is 0 Å². The molecule has 0 nitrogen and oxygen atoms in total. The lowest BCUT2D eigenvalue weighted by Crippen LogP contribution is -2.40. The number of alkyl halides is 10. The summed E-state index contributed by atoms with van der Waals surface area (Å²) in [6.45, 7) is 0. The van der Waals surface area contributed by atoms with E-state index in [1.54, 1.807) is 0 Å². The molecule has 0 bridgehead atoms. The van der Waals surface area contributed by atoms with E-state index in [1.165, 1.54) is 0 Å². The van der Waals surface area contributed by atoms with Crippen molar-refractivity contribution in [1.29, 1.82) is 0 Å². The summed E-state index contributed by atoms with van der Waals surface area (Å²) in [5, 5.41) is -4.69. The third-order valence-corrected chi connectivity index (χ3v) is 3.35. The summed E-state index contributed by atoms with van der Waals surface area (Å²) in [4.78, 5) is 0. The van der Waals surface area contributed by atoms with Crippen LogP contribution in [0.5, 0.6) is 0 Å². The average molecular weight is 399 g/mol. The molecule has 0 atom stereocenters. The highest BCUT2D eigenvalue weighted by molar-refractivity contribution is 6.51. The van der Waals surface area contributed by atoms with Crippen molar-refractivity contribution in [2.75, 3.05) is 0 Å². The first-order chi connectivity index (χ1) is 7.57. The molecule has 12 heteroatoms. The molecular formula is C6Cl6F6. The van der Waals surface area contributed by atoms with Gasteiger partial charge in [-0.15, -0.1) is 0 Å². The Bertz CT molecular complexity index is 319. The summed E-state index contributed by atoms with van der Waals surface area (Å²) in [5.41, 5.74) is 0. The van der Waals surface area contributed by atoms with Gasteiger partial charge in [-0.3, -0.25) is 0 Å². The smallest absolute Gasteiger partial charge is 0.201 e. The summed E-state index contributed by atoms with van der Waals surface area (Å²) >= 11 is 27.0. The van der Waals surface area contributed by atoms with Crippen molar-refractivity contribution in [3.8, 4) is 0 Å². The summed E-state index contributed by atoms with van der Waals surface area (Å²) in [7, 11) is 0. The third-order valence-electron chi connectivity index (χ3n) is 1.46. The molecule has 0 saturated carbocycles. The zero-order valence-corrected chi connectivity index (χ0v) is 12.1. The highest BCUT2D eigenvalue weighted by Crippen LogP contribution is 2.53. The molecule has 0 fully saturated rings. The largest absolute Gasteiger partial charge is 0.346 e. The molecule has 0 heterocycles. The molecule has 18 heavy (non-hydrogen) atoms. The van der Waals surface area contributed by atoms with Gasteiger partial charge in [0.15, 0.2) is 0 Å². The molecule has 0 amide bonds. The zero-order chi connectivity index (χ0) is 15.2. The van der Waals surface area contributed by atoms with E-state index in [0.29, 0.717) is 0 Å². The van der Waals surface area contributed by atoms with E-state index in [2.05, 4.69) is 46.4 Å². The minimum absolute atomic E-state index is 2.34. The van der Waals surface area contributed by atoms with E-state index in [9.17, 15) is 26.3 Å². The van der Waals surface area contributed by atoms with Gasteiger partial charge in [-0.05, 0) is 0 Å². The summed E-state index contributed by atoms with van der Waals surface area (Å²) in [6, 6.07) is 0. The predicted octanol–water partition coefficient (Wildman–Crippen LogP) is 6.15. The van der Waals surface area contributed by atoms with Gasteiger partial charge in [-0.2, -0.15) is 17.6 Å². The van der Waals surface area contributed by atoms with Gasteiger partial charge in [-0.25, -0.2) is 8.78 Å². The fourth-order valence-corrected chi connectivity index (χ4v) is 1.59. The maximum Gasteiger partial charge on any atom is 0.346 e. The summed E-state index contributed by atoms with van der Waals surface area (Å²) in [6.07, 6.45) is 0. The van der Waals surface area contributed by atoms with Crippen molar-refractivity contribution in [1.82, 2.24) is 0 Å². The van der Waals surface area contributed by atoms with Gasteiger partial charge in [0.1, 0.15) is 10.1 Å². The quantitative estimate of drug-likeness (QED) is 0.393. The van der Waals surface area contributed by atoms with E-state index < -0.39 is 31.1 Å². The Morgan fingerprint density at radius 3 is 0.833 bits per heavy atom. The first kappa shape index (κ1) is 19.1. The van der Waals surface area contributed by atoms with Crippen molar-refractivity contribution >= 4 is 69.6 Å². The van der Waals surface area contributed by atoms with Crippen LogP contribution in [0.2, 0.25) is 0 Å². The van der Waals surface area contributed by atoms with Crippen molar-refractivity contribution in [2.45, 2.75) is 21.0 Å². The molecule has 0 radical (unpaired) electrons. The van der Waals surface area contributed by atoms with E-state index in [-0.39, 0.29) is 0 Å². The van der Waals surface area contributed by atoms with Crippen molar-refractivity contribution in [3.63, 3.8) is 0 Å². The lowest BCUT2D eigenvalue weighted by atomic mass is 10.2. The monoisotopic (exact) mass is 396 g/mol. The van der Waals surface area contributed by atoms with Gasteiger partial charge < -0.3 is 0 Å². The normalized spacial score (nSPS) is 16.7. The minimum Gasteiger partial charge on any atom is -0.201 e. The topological polar surface area (TPSA) is 0 Å². The molecule has 0 spiro atoms. The Morgan fingerprint density at radius 2 is 0.722 bits per heavy atom. The maximum atomic E-state index is 13.0. The maximum absolute atomic E-state index is 13.0. The fourth-order valence-electron chi connectivity index (χ4n) is 0.525. The van der Waals surface area contributed by atoms with Crippen LogP contribution in [-0.4, -0.2) is 21.0 Å². The predicted molar refractivity (Wildman–Crippen MR) is 59.7 cm³/mol. The summed E-state index contributed by atoms with van der Waals surface area (Å²) in [5.74, 6) is -10.1. The van der Waals surface area contributed by atoms with Gasteiger partial charge in [0, 0.05) is 0 Å². The SMILES string of the molecule is FC(Cl)(Cl)C(F)(F)C(Cl)=C(Cl)C(F)(F)C(F)(Cl)Cl. The Balaban J connectivity index is 5.81. The molecular weight excluding hydrogens is 399 g/mol. The number of rotatable bonds is 4. The average Bonchev–Trinajstić information content (AvgIpc) is 2.11. The van der Waals surface area contributed by atoms with Crippen LogP contribution in [0.1, 0.15) is 0 Å². The number of allylic oxidation sites excluding steroid dienone is 2. The van der Waals surface area contributed by atoms with E-state index >= 15 is 0 Å². The second-order valence-electron chi connectivity index (χ2n) is 2.77. The molecule has 0 N–H and O–H groups in total. The second kappa shape index (κ2) is 5.45. The molecule has 0 aliphatic heterocycles. The Kier molecular flexibility index (Phi) is 5.77. The third kappa shape index (κ3) is 3.58. The standard InChI is InChI=1S/C6Cl6F6/c7-1(3(13,14)5(9,10)17)2(8)4(15,16)6(11,12)18. The van der Waals surface area contributed by atoms with E-state index in [0.717, 1.165) is 0 Å². The van der Waals surface area contributed by atoms with E-state index in [1.807, 2.05) is 0 Å². The Hall–Kier alpha value is 1.06. The fraction of sp³-hybridized carbons (Fsp3) is 0.667. The van der Waals surface area contributed by atoms with Crippen LogP contribution in [0, 0.1) is 0 Å². The lowest BCUT2D eigenvalue weighted by molar-refractivity contribution is -0.0348. The van der Waals surface area contributed by atoms with Crippen molar-refractivity contribution in [3.05, 3.63) is 10.1 Å². The zero-order valence-electron chi connectivity index (χ0n) is 7.54. The second-order valence-corrected chi connectivity index (χ2v) is 6.00. The van der Waals surface area contributed by atoms with Gasteiger partial charge in [0.2, 0.25) is 0 Å². The summed E-state index contributed by atoms with van der Waals surface area (Å²) < 4.78 is 68.7. The number of hydrogen-bond donors (Lipinski definition) is 0. The first-order valence-electron chi connectivity index (χ1n) is 3.52. The molecule has 0 rings (SSSR count). The first-order valence-corrected chi connectivity index (χ1v) is 5.79. The van der Waals surface area contributed by atoms with Crippen LogP contribution < -0.4 is 0 Å². The molecule has 0 saturated heterocycles. The Morgan fingerprint density at radius 1 is 0.556 bits per heavy atom. The van der Waals surface area contributed by atoms with E-state index in [4.69, 9.17) is 23.2 Å². The number of halogens is 12. The van der Waals surface area contributed by atoms with Gasteiger partial charge in [0.05, 0.1) is 0 Å². The van der Waals surface area contributed by atoms with Crippen LogP contribution in [-0.2, 0) is 0 Å². The molecule has 0 aromatic rings. The minimum atomic E-state index is -5.04. The van der Waals surface area contributed by atoms with Gasteiger partial charge >= 0.3 is 21.0 Å². The van der Waals surface area contributed by atoms with Crippen LogP contribution in [0.4, 0.5) is 26.3 Å². The van der Waals surface area contributed by atoms with Gasteiger partial charge in [0.25, 0.3) is 0 Å². The molecule has 0 aliphatic carbocycles. The Labute approximate surface area is 127 Å². The van der Waals surface area contributed by atoms with Crippen LogP contribution >= 0.6 is 69.6 Å². The molecule has 0 unspecified atom stereocenters. The molecule has 0 aromatic carbocycles. The van der Waals surface area contributed by atoms with Crippen LogP contribution in [0.25, 0.3) is 0 Å². The lowest BCUT2D eigenvalue weighted by Gasteiger charge is -2.27. The highest BCUT2D eigenvalue weighted by Gasteiger charge is 2.62. The van der Waals surface area contributed by atoms with Crippen LogP contribution in [0.3, 0.4) is 0 Å². The molecule has 0 aliphatic rings. The van der Waals surface area contributed by atoms with Crippen molar-refractivity contribution < 1.29 is 26.3 Å². The highest BCUT2D eigenvalue weighted by atomic mass is 35.5. The van der Waals surface area contributed by atoms with Crippen LogP contribution in [0.15, 0.2) is 10.1 Å². The number of hydrogen-bond acceptors (Lipinski definition) is 0. The van der Waals surface area contributed by atoms with Gasteiger partial charge in [-0.1, -0.05) is 69.6 Å².